The van der Waals surface area contributed by atoms with Crippen molar-refractivity contribution in [3.8, 4) is 0 Å². The molecule has 1 saturated heterocycles. The Labute approximate surface area is 150 Å². The molecule has 3 rings (SSSR count). The molecule has 0 radical (unpaired) electrons. The van der Waals surface area contributed by atoms with Gasteiger partial charge in [0.25, 0.3) is 0 Å². The Balaban J connectivity index is 2.06. The quantitative estimate of drug-likeness (QED) is 0.625. The van der Waals surface area contributed by atoms with Crippen LogP contribution in [-0.4, -0.2) is 32.6 Å². The van der Waals surface area contributed by atoms with Crippen LogP contribution in [0.5, 0.6) is 0 Å². The number of nitrogens with zero attached hydrogens (tertiary/aromatic N) is 1. The van der Waals surface area contributed by atoms with E-state index in [9.17, 15) is 14.0 Å². The second-order valence-electron chi connectivity index (χ2n) is 6.00. The number of thioether (sulfide) groups is 1. The van der Waals surface area contributed by atoms with Crippen LogP contribution in [0.15, 0.2) is 42.5 Å². The van der Waals surface area contributed by atoms with Crippen molar-refractivity contribution >= 4 is 37.2 Å². The van der Waals surface area contributed by atoms with E-state index in [-0.39, 0.29) is 11.7 Å². The highest BCUT2D eigenvalue weighted by atomic mass is 32.2. The molecule has 1 fully saturated rings. The van der Waals surface area contributed by atoms with Gasteiger partial charge in [0.1, 0.15) is 5.82 Å². The first-order chi connectivity index (χ1) is 11.9. The SMILES string of the molecule is BC1(c2ccc(F)cc2)SCC(=O)N1c1ccc(C(=O)OC)cc1C. The van der Waals surface area contributed by atoms with Gasteiger partial charge in [0.2, 0.25) is 5.91 Å². The molecule has 2 aromatic carbocycles. The third-order valence-corrected chi connectivity index (χ3v) is 5.76. The molecule has 0 saturated carbocycles. The van der Waals surface area contributed by atoms with Crippen LogP contribution < -0.4 is 4.90 Å². The van der Waals surface area contributed by atoms with E-state index in [1.807, 2.05) is 14.8 Å². The zero-order chi connectivity index (χ0) is 18.2. The molecule has 0 aliphatic carbocycles. The number of aryl methyl sites for hydroxylation is 1. The Morgan fingerprint density at radius 2 is 1.96 bits per heavy atom. The molecule has 1 aliphatic rings. The van der Waals surface area contributed by atoms with E-state index in [1.165, 1.54) is 31.0 Å². The van der Waals surface area contributed by atoms with E-state index in [1.54, 1.807) is 35.2 Å². The molecule has 1 unspecified atom stereocenters. The maximum atomic E-state index is 13.3. The summed E-state index contributed by atoms with van der Waals surface area (Å²) in [7, 11) is 3.28. The maximum absolute atomic E-state index is 13.3. The number of esters is 1. The average Bonchev–Trinajstić information content (AvgIpc) is 2.91. The zero-order valence-corrected chi connectivity index (χ0v) is 15.0. The van der Waals surface area contributed by atoms with Crippen molar-refractivity contribution in [3.63, 3.8) is 0 Å². The molecular formula is C18H17BFNO3S. The van der Waals surface area contributed by atoms with Crippen LogP contribution in [-0.2, 0) is 14.3 Å². The van der Waals surface area contributed by atoms with Crippen molar-refractivity contribution in [1.29, 1.82) is 0 Å². The van der Waals surface area contributed by atoms with E-state index in [0.717, 1.165) is 16.8 Å². The normalized spacial score (nSPS) is 20.0. The largest absolute Gasteiger partial charge is 0.465 e. The first kappa shape index (κ1) is 17.5. The first-order valence-corrected chi connectivity index (χ1v) is 8.77. The minimum absolute atomic E-state index is 0.0225. The van der Waals surface area contributed by atoms with E-state index in [2.05, 4.69) is 0 Å². The van der Waals surface area contributed by atoms with Crippen LogP contribution in [0, 0.1) is 12.7 Å². The molecule has 7 heteroatoms. The van der Waals surface area contributed by atoms with Gasteiger partial charge >= 0.3 is 5.97 Å². The lowest BCUT2D eigenvalue weighted by Crippen LogP contribution is -2.43. The minimum Gasteiger partial charge on any atom is -0.465 e. The standard InChI is InChI=1S/C18H17BFNO3S/c1-11-9-12(17(23)24-2)3-8-15(11)21-16(22)10-25-18(21,19)13-4-6-14(20)7-5-13/h3-9H,10,19H2,1-2H3. The second-order valence-corrected chi connectivity index (χ2v) is 7.37. The van der Waals surface area contributed by atoms with Gasteiger partial charge in [-0.2, -0.15) is 0 Å². The summed E-state index contributed by atoms with van der Waals surface area (Å²) in [5, 5.41) is 0. The molecule has 4 nitrogen and oxygen atoms in total. The Hall–Kier alpha value is -2.28. The Kier molecular flexibility index (Phi) is 4.60. The highest BCUT2D eigenvalue weighted by Crippen LogP contribution is 2.46. The van der Waals surface area contributed by atoms with Gasteiger partial charge in [0.15, 0.2) is 7.85 Å². The number of methoxy groups -OCH3 is 1. The van der Waals surface area contributed by atoms with Crippen LogP contribution in [0.25, 0.3) is 0 Å². The third-order valence-electron chi connectivity index (χ3n) is 4.39. The summed E-state index contributed by atoms with van der Waals surface area (Å²) in [5.41, 5.74) is 2.81. The Morgan fingerprint density at radius 3 is 2.56 bits per heavy atom. The smallest absolute Gasteiger partial charge is 0.337 e. The van der Waals surface area contributed by atoms with Gasteiger partial charge in [-0.05, 0) is 48.4 Å². The van der Waals surface area contributed by atoms with Gasteiger partial charge in [0, 0.05) is 5.69 Å². The maximum Gasteiger partial charge on any atom is 0.337 e. The summed E-state index contributed by atoms with van der Waals surface area (Å²) < 4.78 is 17.4. The van der Waals surface area contributed by atoms with Crippen LogP contribution in [0.2, 0.25) is 0 Å². The highest BCUT2D eigenvalue weighted by molar-refractivity contribution is 8.02. The van der Waals surface area contributed by atoms with Crippen LogP contribution >= 0.6 is 11.8 Å². The molecular weight excluding hydrogens is 340 g/mol. The van der Waals surface area contributed by atoms with Crippen molar-refractivity contribution in [1.82, 2.24) is 0 Å². The fraction of sp³-hybridized carbons (Fsp3) is 0.222. The fourth-order valence-electron chi connectivity index (χ4n) is 3.06. The Bertz CT molecular complexity index is 843. The molecule has 0 N–H and O–H groups in total. The summed E-state index contributed by atoms with van der Waals surface area (Å²) in [5.74, 6) is -0.415. The predicted molar refractivity (Wildman–Crippen MR) is 99.1 cm³/mol. The second kappa shape index (κ2) is 6.56. The van der Waals surface area contributed by atoms with Crippen LogP contribution in [0.1, 0.15) is 21.5 Å². The van der Waals surface area contributed by atoms with Gasteiger partial charge in [-0.25, -0.2) is 9.18 Å². The molecule has 1 heterocycles. The number of amides is 1. The number of hydrogen-bond donors (Lipinski definition) is 0. The topological polar surface area (TPSA) is 46.6 Å². The van der Waals surface area contributed by atoms with Crippen molar-refractivity contribution in [2.24, 2.45) is 0 Å². The zero-order valence-electron chi connectivity index (χ0n) is 14.2. The monoisotopic (exact) mass is 357 g/mol. The number of halogens is 1. The number of benzene rings is 2. The van der Waals surface area contributed by atoms with Gasteiger partial charge in [0.05, 0.1) is 23.2 Å². The number of rotatable bonds is 3. The van der Waals surface area contributed by atoms with E-state index in [4.69, 9.17) is 4.74 Å². The lowest BCUT2D eigenvalue weighted by molar-refractivity contribution is -0.116. The molecule has 25 heavy (non-hydrogen) atoms. The summed E-state index contributed by atoms with van der Waals surface area (Å²) in [4.78, 5) is 26.0. The molecule has 0 bridgehead atoms. The minimum atomic E-state index is -0.637. The lowest BCUT2D eigenvalue weighted by Gasteiger charge is -2.36. The van der Waals surface area contributed by atoms with Crippen molar-refractivity contribution in [2.75, 3.05) is 17.8 Å². The number of hydrogen-bond acceptors (Lipinski definition) is 4. The van der Waals surface area contributed by atoms with Gasteiger partial charge in [-0.15, -0.1) is 11.8 Å². The molecule has 0 aromatic heterocycles. The van der Waals surface area contributed by atoms with Crippen LogP contribution in [0.4, 0.5) is 10.1 Å². The van der Waals surface area contributed by atoms with Crippen molar-refractivity contribution < 1.29 is 18.7 Å². The van der Waals surface area contributed by atoms with E-state index < -0.39 is 10.7 Å². The fourth-order valence-corrected chi connectivity index (χ4v) is 4.22. The molecule has 0 spiro atoms. The van der Waals surface area contributed by atoms with Gasteiger partial charge < -0.3 is 9.64 Å². The number of carbonyl (C=O) groups is 2. The van der Waals surface area contributed by atoms with Crippen molar-refractivity contribution in [3.05, 3.63) is 65.0 Å². The third kappa shape index (κ3) is 3.04. The molecule has 1 atom stereocenters. The number of anilines is 1. The van der Waals surface area contributed by atoms with Crippen molar-refractivity contribution in [2.45, 2.75) is 11.7 Å². The number of ether oxygens (including phenoxy) is 1. The first-order valence-electron chi connectivity index (χ1n) is 7.79. The summed E-state index contributed by atoms with van der Waals surface area (Å²) in [6, 6.07) is 11.3. The van der Waals surface area contributed by atoms with E-state index >= 15 is 0 Å². The highest BCUT2D eigenvalue weighted by Gasteiger charge is 2.44. The summed E-state index contributed by atoms with van der Waals surface area (Å²) in [6.45, 7) is 1.85. The molecule has 1 aliphatic heterocycles. The number of carbonyl (C=O) groups excluding carboxylic acids is 2. The van der Waals surface area contributed by atoms with Gasteiger partial charge in [-0.1, -0.05) is 12.1 Å². The predicted octanol–water partition coefficient (Wildman–Crippen LogP) is 2.44. The van der Waals surface area contributed by atoms with Gasteiger partial charge in [-0.3, -0.25) is 4.79 Å². The molecule has 1 amide bonds. The van der Waals surface area contributed by atoms with E-state index in [0.29, 0.717) is 11.3 Å². The summed E-state index contributed by atoms with van der Waals surface area (Å²) in [6.07, 6.45) is 0. The Morgan fingerprint density at radius 1 is 1.28 bits per heavy atom. The molecule has 2 aromatic rings. The van der Waals surface area contributed by atoms with Crippen LogP contribution in [0.3, 0.4) is 0 Å². The average molecular weight is 357 g/mol. The summed E-state index contributed by atoms with van der Waals surface area (Å²) >= 11 is 1.50. The lowest BCUT2D eigenvalue weighted by atomic mass is 9.85. The molecule has 128 valence electrons.